The Morgan fingerprint density at radius 1 is 0.727 bits per heavy atom. The number of methoxy groups -OCH3 is 1. The minimum absolute atomic E-state index is 0.282. The summed E-state index contributed by atoms with van der Waals surface area (Å²) in [5.74, 6) is -12.8. The molecule has 2 aromatic carbocycles. The molecule has 0 amide bonds. The Kier molecular flexibility index (Phi) is 4.34. The number of hydrogen-bond acceptors (Lipinski definition) is 1. The lowest BCUT2D eigenvalue weighted by atomic mass is 9.63. The quantitative estimate of drug-likeness (QED) is 0.478. The molecule has 0 spiro atoms. The summed E-state index contributed by atoms with van der Waals surface area (Å²) in [6, 6.07) is 0.564. The second-order valence-corrected chi connectivity index (χ2v) is 4.29. The Morgan fingerprint density at radius 3 is 1.59 bits per heavy atom. The lowest BCUT2D eigenvalue weighted by molar-refractivity contribution is 0.335. The van der Waals surface area contributed by atoms with Crippen LogP contribution >= 0.6 is 0 Å². The molecule has 0 aliphatic rings. The van der Waals surface area contributed by atoms with E-state index in [9.17, 15) is 30.7 Å². The van der Waals surface area contributed by atoms with Crippen LogP contribution in [0.2, 0.25) is 0 Å². The highest BCUT2D eigenvalue weighted by atomic mass is 19.2. The van der Waals surface area contributed by atoms with Crippen molar-refractivity contribution in [1.29, 1.82) is 0 Å². The van der Waals surface area contributed by atoms with Crippen molar-refractivity contribution in [2.75, 3.05) is 7.11 Å². The lowest BCUT2D eigenvalue weighted by Gasteiger charge is -2.11. The minimum atomic E-state index is -1.85. The summed E-state index contributed by atoms with van der Waals surface area (Å²) in [5, 5.41) is 0. The summed E-state index contributed by atoms with van der Waals surface area (Å²) in [5.41, 5.74) is -2.16. The molecule has 0 unspecified atom stereocenters. The average Bonchev–Trinajstić information content (AvgIpc) is 2.44. The monoisotopic (exact) mass is 322 g/mol. The predicted molar refractivity (Wildman–Crippen MR) is 65.6 cm³/mol. The number of benzene rings is 2. The van der Waals surface area contributed by atoms with Crippen molar-refractivity contribution >= 4 is 18.2 Å². The molecule has 9 heteroatoms. The second kappa shape index (κ2) is 5.90. The molecular weight excluding hydrogens is 316 g/mol. The van der Waals surface area contributed by atoms with Crippen LogP contribution in [0.15, 0.2) is 12.1 Å². The molecule has 0 saturated carbocycles. The molecule has 116 valence electrons. The van der Waals surface area contributed by atoms with Gasteiger partial charge in [0.25, 0.3) is 0 Å². The van der Waals surface area contributed by atoms with Crippen LogP contribution in [-0.4, -0.2) is 14.4 Å². The zero-order valence-electron chi connectivity index (χ0n) is 10.9. The Labute approximate surface area is 120 Å². The molecule has 0 bridgehead atoms. The zero-order chi connectivity index (χ0) is 16.6. The van der Waals surface area contributed by atoms with Crippen molar-refractivity contribution in [3.05, 3.63) is 52.9 Å². The molecule has 2 aromatic rings. The van der Waals surface area contributed by atoms with Crippen LogP contribution in [0.4, 0.5) is 30.7 Å². The van der Waals surface area contributed by atoms with E-state index in [1.807, 2.05) is 0 Å². The first kappa shape index (κ1) is 16.2. The summed E-state index contributed by atoms with van der Waals surface area (Å²) in [6.45, 7) is 0. The first-order chi connectivity index (χ1) is 10.3. The van der Waals surface area contributed by atoms with Crippen molar-refractivity contribution in [1.82, 2.24) is 0 Å². The highest BCUT2D eigenvalue weighted by Gasteiger charge is 2.28. The molecular formula is C13H6BF7O. The van der Waals surface area contributed by atoms with Crippen molar-refractivity contribution in [2.24, 2.45) is 0 Å². The fourth-order valence-electron chi connectivity index (χ4n) is 1.91. The third kappa shape index (κ3) is 2.62. The number of rotatable bonds is 3. The molecule has 0 aliphatic heterocycles. The van der Waals surface area contributed by atoms with Crippen molar-refractivity contribution in [3.63, 3.8) is 0 Å². The molecule has 0 aromatic heterocycles. The van der Waals surface area contributed by atoms with E-state index in [-0.39, 0.29) is 12.1 Å². The van der Waals surface area contributed by atoms with E-state index in [1.165, 1.54) is 0 Å². The highest BCUT2D eigenvalue weighted by molar-refractivity contribution is 6.67. The van der Waals surface area contributed by atoms with Crippen molar-refractivity contribution in [2.45, 2.75) is 0 Å². The van der Waals surface area contributed by atoms with Crippen LogP contribution in [-0.2, 0) is 0 Å². The van der Waals surface area contributed by atoms with Crippen LogP contribution in [0.1, 0.15) is 0 Å². The Hall–Kier alpha value is -2.19. The maximum absolute atomic E-state index is 13.7. The summed E-state index contributed by atoms with van der Waals surface area (Å²) in [6.07, 6.45) is 0. The maximum Gasteiger partial charge on any atom is 0.208 e. The standard InChI is InChI=1S/C13H6BF7O/c1-22-13-11(20)9(18)8(10(19)12(13)21)14-7-5(16)2-4(15)3-6(7)17/h2-3,14H,1H3. The van der Waals surface area contributed by atoms with Crippen LogP contribution in [0, 0.1) is 40.7 Å². The van der Waals surface area contributed by atoms with Crippen molar-refractivity contribution < 1.29 is 35.5 Å². The molecule has 2 rings (SSSR count). The summed E-state index contributed by atoms with van der Waals surface area (Å²) >= 11 is 0. The topological polar surface area (TPSA) is 9.23 Å². The van der Waals surface area contributed by atoms with Crippen LogP contribution < -0.4 is 15.7 Å². The highest BCUT2D eigenvalue weighted by Crippen LogP contribution is 2.24. The first-order valence-corrected chi connectivity index (χ1v) is 5.80. The fourth-order valence-corrected chi connectivity index (χ4v) is 1.91. The molecule has 0 radical (unpaired) electrons. The van der Waals surface area contributed by atoms with Crippen LogP contribution in [0.5, 0.6) is 5.75 Å². The van der Waals surface area contributed by atoms with Crippen LogP contribution in [0.3, 0.4) is 0 Å². The second-order valence-electron chi connectivity index (χ2n) is 4.29. The average molecular weight is 322 g/mol. The van der Waals surface area contributed by atoms with E-state index in [2.05, 4.69) is 4.74 Å². The smallest absolute Gasteiger partial charge is 0.208 e. The van der Waals surface area contributed by atoms with E-state index in [0.29, 0.717) is 0 Å². The van der Waals surface area contributed by atoms with Gasteiger partial charge in [-0.05, 0) is 10.9 Å². The Morgan fingerprint density at radius 2 is 1.18 bits per heavy atom. The molecule has 0 aliphatic carbocycles. The Balaban J connectivity index is 2.61. The van der Waals surface area contributed by atoms with Gasteiger partial charge in [-0.1, -0.05) is 0 Å². The Bertz CT molecular complexity index is 696. The molecule has 22 heavy (non-hydrogen) atoms. The molecule has 1 nitrogen and oxygen atoms in total. The largest absolute Gasteiger partial charge is 0.491 e. The summed E-state index contributed by atoms with van der Waals surface area (Å²) in [7, 11) is -0.354. The van der Waals surface area contributed by atoms with Gasteiger partial charge < -0.3 is 4.74 Å². The van der Waals surface area contributed by atoms with Gasteiger partial charge in [0, 0.05) is 12.1 Å². The zero-order valence-corrected chi connectivity index (χ0v) is 10.9. The molecule has 0 N–H and O–H groups in total. The van der Waals surface area contributed by atoms with Gasteiger partial charge in [0.1, 0.15) is 17.5 Å². The molecule has 0 heterocycles. The molecule has 0 fully saturated rings. The fraction of sp³-hybridized carbons (Fsp3) is 0.0769. The van der Waals surface area contributed by atoms with Gasteiger partial charge in [-0.25, -0.2) is 22.0 Å². The third-order valence-electron chi connectivity index (χ3n) is 2.98. The van der Waals surface area contributed by atoms with Gasteiger partial charge in [0.2, 0.25) is 18.9 Å². The third-order valence-corrected chi connectivity index (χ3v) is 2.98. The van der Waals surface area contributed by atoms with Crippen molar-refractivity contribution in [3.8, 4) is 5.75 Å². The first-order valence-electron chi connectivity index (χ1n) is 5.80. The SMILES string of the molecule is COc1c(F)c(F)c(Bc2c(F)cc(F)cc2F)c(F)c1F. The maximum atomic E-state index is 13.7. The molecule has 0 atom stereocenters. The number of hydrogen-bond donors (Lipinski definition) is 0. The predicted octanol–water partition coefficient (Wildman–Crippen LogP) is 2.06. The van der Waals surface area contributed by atoms with E-state index >= 15 is 0 Å². The van der Waals surface area contributed by atoms with E-state index in [0.717, 1.165) is 7.11 Å². The number of ether oxygens (including phenoxy) is 1. The van der Waals surface area contributed by atoms with Crippen LogP contribution in [0.25, 0.3) is 0 Å². The van der Waals surface area contributed by atoms with Gasteiger partial charge in [0.15, 0.2) is 17.4 Å². The normalized spacial score (nSPS) is 10.7. The van der Waals surface area contributed by atoms with E-state index in [1.54, 1.807) is 0 Å². The van der Waals surface area contributed by atoms with Gasteiger partial charge in [-0.3, -0.25) is 0 Å². The molecule has 0 saturated heterocycles. The van der Waals surface area contributed by atoms with Gasteiger partial charge in [0.05, 0.1) is 7.11 Å². The minimum Gasteiger partial charge on any atom is -0.491 e. The van der Waals surface area contributed by atoms with E-state index in [4.69, 9.17) is 0 Å². The summed E-state index contributed by atoms with van der Waals surface area (Å²) in [4.78, 5) is 0. The van der Waals surface area contributed by atoms with E-state index < -0.39 is 64.7 Å². The summed E-state index contributed by atoms with van der Waals surface area (Å²) < 4.78 is 98.4. The number of halogens is 7. The lowest BCUT2D eigenvalue weighted by Crippen LogP contribution is -2.38. The van der Waals surface area contributed by atoms with Gasteiger partial charge in [-0.2, -0.15) is 8.78 Å². The van der Waals surface area contributed by atoms with Gasteiger partial charge in [-0.15, -0.1) is 0 Å². The van der Waals surface area contributed by atoms with Gasteiger partial charge >= 0.3 is 0 Å².